The SMILES string of the molecule is Cc1nc(-c2ccccc2)sc1C(=O)NC1CCc2nccn2C1. The molecule has 2 aromatic heterocycles. The monoisotopic (exact) mass is 338 g/mol. The zero-order valence-electron chi connectivity index (χ0n) is 13.4. The lowest BCUT2D eigenvalue weighted by Gasteiger charge is -2.24. The number of thiazole rings is 1. The molecule has 3 aromatic rings. The van der Waals surface area contributed by atoms with Gasteiger partial charge in [-0.3, -0.25) is 4.79 Å². The van der Waals surface area contributed by atoms with Crippen LogP contribution in [0.3, 0.4) is 0 Å². The van der Waals surface area contributed by atoms with Crippen molar-refractivity contribution in [3.8, 4) is 10.6 Å². The van der Waals surface area contributed by atoms with E-state index in [1.807, 2.05) is 49.6 Å². The van der Waals surface area contributed by atoms with Crippen LogP contribution in [-0.2, 0) is 13.0 Å². The third-order valence-electron chi connectivity index (χ3n) is 4.29. The van der Waals surface area contributed by atoms with Crippen LogP contribution in [0.5, 0.6) is 0 Å². The van der Waals surface area contributed by atoms with E-state index in [1.165, 1.54) is 11.3 Å². The number of carbonyl (C=O) groups excluding carboxylic acids is 1. The van der Waals surface area contributed by atoms with Gasteiger partial charge in [-0.1, -0.05) is 30.3 Å². The summed E-state index contributed by atoms with van der Waals surface area (Å²) in [7, 11) is 0. The highest BCUT2D eigenvalue weighted by Gasteiger charge is 2.23. The number of amides is 1. The lowest BCUT2D eigenvalue weighted by Crippen LogP contribution is -2.40. The summed E-state index contributed by atoms with van der Waals surface area (Å²) in [5, 5.41) is 4.04. The van der Waals surface area contributed by atoms with Crippen molar-refractivity contribution >= 4 is 17.2 Å². The Morgan fingerprint density at radius 1 is 1.33 bits per heavy atom. The van der Waals surface area contributed by atoms with Gasteiger partial charge in [-0.05, 0) is 13.3 Å². The Hall–Kier alpha value is -2.47. The third-order valence-corrected chi connectivity index (χ3v) is 5.50. The Morgan fingerprint density at radius 2 is 2.17 bits per heavy atom. The molecule has 3 heterocycles. The minimum absolute atomic E-state index is 0.0271. The maximum absolute atomic E-state index is 12.7. The lowest BCUT2D eigenvalue weighted by atomic mass is 10.1. The van der Waals surface area contributed by atoms with E-state index in [2.05, 4.69) is 19.9 Å². The summed E-state index contributed by atoms with van der Waals surface area (Å²) in [4.78, 5) is 22.2. The Labute approximate surface area is 144 Å². The first-order valence-electron chi connectivity index (χ1n) is 8.04. The van der Waals surface area contributed by atoms with Gasteiger partial charge in [-0.15, -0.1) is 11.3 Å². The molecule has 5 nitrogen and oxygen atoms in total. The highest BCUT2D eigenvalue weighted by Crippen LogP contribution is 2.28. The van der Waals surface area contributed by atoms with E-state index < -0.39 is 0 Å². The molecule has 122 valence electrons. The van der Waals surface area contributed by atoms with Gasteiger partial charge in [0.2, 0.25) is 0 Å². The quantitative estimate of drug-likeness (QED) is 0.798. The number of fused-ring (bicyclic) bond motifs is 1. The van der Waals surface area contributed by atoms with Crippen LogP contribution >= 0.6 is 11.3 Å². The van der Waals surface area contributed by atoms with Gasteiger partial charge in [0.25, 0.3) is 5.91 Å². The molecule has 0 spiro atoms. The summed E-state index contributed by atoms with van der Waals surface area (Å²) in [6.07, 6.45) is 5.61. The molecule has 24 heavy (non-hydrogen) atoms. The van der Waals surface area contributed by atoms with Crippen molar-refractivity contribution in [1.29, 1.82) is 0 Å². The number of nitrogens with one attached hydrogen (secondary N) is 1. The highest BCUT2D eigenvalue weighted by atomic mass is 32.1. The Bertz CT molecular complexity index is 868. The molecule has 1 aliphatic rings. The zero-order valence-corrected chi connectivity index (χ0v) is 14.2. The topological polar surface area (TPSA) is 59.8 Å². The van der Waals surface area contributed by atoms with Crippen LogP contribution in [-0.4, -0.2) is 26.5 Å². The number of hydrogen-bond donors (Lipinski definition) is 1. The van der Waals surface area contributed by atoms with Crippen molar-refractivity contribution < 1.29 is 4.79 Å². The van der Waals surface area contributed by atoms with Gasteiger partial charge in [-0.2, -0.15) is 0 Å². The van der Waals surface area contributed by atoms with Crippen LogP contribution < -0.4 is 5.32 Å². The minimum Gasteiger partial charge on any atom is -0.347 e. The largest absolute Gasteiger partial charge is 0.347 e. The molecule has 1 aliphatic heterocycles. The van der Waals surface area contributed by atoms with Crippen LogP contribution in [0.15, 0.2) is 42.7 Å². The van der Waals surface area contributed by atoms with Gasteiger partial charge in [-0.25, -0.2) is 9.97 Å². The second-order valence-corrected chi connectivity index (χ2v) is 7.00. The molecule has 0 fully saturated rings. The molecule has 0 saturated heterocycles. The van der Waals surface area contributed by atoms with Gasteiger partial charge in [0.05, 0.1) is 5.69 Å². The molecule has 0 bridgehead atoms. The average molecular weight is 338 g/mol. The number of nitrogens with zero attached hydrogens (tertiary/aromatic N) is 3. The van der Waals surface area contributed by atoms with E-state index in [0.29, 0.717) is 4.88 Å². The first kappa shape index (κ1) is 15.1. The van der Waals surface area contributed by atoms with Crippen molar-refractivity contribution in [2.45, 2.75) is 32.4 Å². The second-order valence-electron chi connectivity index (χ2n) is 6.00. The predicted molar refractivity (Wildman–Crippen MR) is 94.1 cm³/mol. The number of rotatable bonds is 3. The van der Waals surface area contributed by atoms with Gasteiger partial charge in [0, 0.05) is 37.0 Å². The molecular weight excluding hydrogens is 320 g/mol. The summed E-state index contributed by atoms with van der Waals surface area (Å²) in [6.45, 7) is 2.68. The number of aryl methyl sites for hydroxylation is 2. The van der Waals surface area contributed by atoms with E-state index >= 15 is 0 Å². The van der Waals surface area contributed by atoms with Gasteiger partial charge >= 0.3 is 0 Å². The number of imidazole rings is 1. The summed E-state index contributed by atoms with van der Waals surface area (Å²) in [5.41, 5.74) is 1.83. The van der Waals surface area contributed by atoms with Crippen molar-refractivity contribution in [2.75, 3.05) is 0 Å². The van der Waals surface area contributed by atoms with E-state index in [9.17, 15) is 4.79 Å². The van der Waals surface area contributed by atoms with Crippen molar-refractivity contribution in [3.05, 3.63) is 59.1 Å². The number of benzene rings is 1. The molecule has 1 N–H and O–H groups in total. The van der Waals surface area contributed by atoms with Gasteiger partial charge in [0.1, 0.15) is 15.7 Å². The molecule has 1 amide bonds. The van der Waals surface area contributed by atoms with Crippen molar-refractivity contribution in [1.82, 2.24) is 19.9 Å². The van der Waals surface area contributed by atoms with E-state index in [-0.39, 0.29) is 11.9 Å². The molecular formula is C18H18N4OS. The molecule has 1 aromatic carbocycles. The zero-order chi connectivity index (χ0) is 16.5. The van der Waals surface area contributed by atoms with Crippen LogP contribution in [0.4, 0.5) is 0 Å². The summed E-state index contributed by atoms with van der Waals surface area (Å²) in [5.74, 6) is 1.07. The first-order chi connectivity index (χ1) is 11.7. The van der Waals surface area contributed by atoms with Crippen LogP contribution in [0.2, 0.25) is 0 Å². The number of aromatic nitrogens is 3. The van der Waals surface area contributed by atoms with E-state index in [1.54, 1.807) is 0 Å². The van der Waals surface area contributed by atoms with Crippen LogP contribution in [0.25, 0.3) is 10.6 Å². The van der Waals surface area contributed by atoms with Crippen LogP contribution in [0, 0.1) is 6.92 Å². The van der Waals surface area contributed by atoms with Crippen molar-refractivity contribution in [3.63, 3.8) is 0 Å². The standard InChI is InChI=1S/C18H18N4OS/c1-12-16(24-18(20-12)13-5-3-2-4-6-13)17(23)21-14-7-8-15-19-9-10-22(15)11-14/h2-6,9-10,14H,7-8,11H2,1H3,(H,21,23). The molecule has 6 heteroatoms. The second kappa shape index (κ2) is 6.20. The highest BCUT2D eigenvalue weighted by molar-refractivity contribution is 7.17. The molecule has 0 saturated carbocycles. The van der Waals surface area contributed by atoms with Gasteiger partial charge < -0.3 is 9.88 Å². The molecule has 0 aliphatic carbocycles. The lowest BCUT2D eigenvalue weighted by molar-refractivity contribution is 0.0931. The Balaban J connectivity index is 1.50. The predicted octanol–water partition coefficient (Wildman–Crippen LogP) is 3.06. The molecule has 1 atom stereocenters. The maximum atomic E-state index is 12.7. The maximum Gasteiger partial charge on any atom is 0.263 e. The summed E-state index contributed by atoms with van der Waals surface area (Å²) in [6, 6.07) is 10.1. The fourth-order valence-corrected chi connectivity index (χ4v) is 4.02. The number of carbonyl (C=O) groups is 1. The first-order valence-corrected chi connectivity index (χ1v) is 8.86. The van der Waals surface area contributed by atoms with Crippen LogP contribution in [0.1, 0.15) is 27.6 Å². The summed E-state index contributed by atoms with van der Waals surface area (Å²) < 4.78 is 2.11. The number of hydrogen-bond acceptors (Lipinski definition) is 4. The molecule has 0 radical (unpaired) electrons. The van der Waals surface area contributed by atoms with E-state index in [4.69, 9.17) is 0 Å². The fourth-order valence-electron chi connectivity index (χ4n) is 3.05. The van der Waals surface area contributed by atoms with E-state index in [0.717, 1.165) is 41.5 Å². The smallest absolute Gasteiger partial charge is 0.263 e. The minimum atomic E-state index is -0.0271. The Morgan fingerprint density at radius 3 is 3.00 bits per heavy atom. The molecule has 4 rings (SSSR count). The fraction of sp³-hybridized carbons (Fsp3) is 0.278. The Kier molecular flexibility index (Phi) is 3.90. The third kappa shape index (κ3) is 2.85. The molecule has 1 unspecified atom stereocenters. The van der Waals surface area contributed by atoms with Gasteiger partial charge in [0.15, 0.2) is 0 Å². The summed E-state index contributed by atoms with van der Waals surface area (Å²) >= 11 is 1.45. The van der Waals surface area contributed by atoms with Crippen molar-refractivity contribution in [2.24, 2.45) is 0 Å². The normalized spacial score (nSPS) is 16.6. The average Bonchev–Trinajstić information content (AvgIpc) is 3.21.